The van der Waals surface area contributed by atoms with Crippen LogP contribution >= 0.6 is 0 Å². The minimum absolute atomic E-state index is 0.324. The van der Waals surface area contributed by atoms with Gasteiger partial charge in [0.15, 0.2) is 0 Å². The number of likely N-dealkylation sites (tertiary alicyclic amines) is 1. The number of amidine groups is 1. The summed E-state index contributed by atoms with van der Waals surface area (Å²) in [6.45, 7) is 14.2. The molecule has 0 unspecified atom stereocenters. The van der Waals surface area contributed by atoms with Crippen LogP contribution in [0.4, 0.5) is 5.69 Å². The highest BCUT2D eigenvalue weighted by atomic mass is 15.2. The quantitative estimate of drug-likeness (QED) is 0.779. The highest BCUT2D eigenvalue weighted by Gasteiger charge is 2.27. The second-order valence-corrected chi connectivity index (χ2v) is 8.06. The third-order valence-corrected chi connectivity index (χ3v) is 5.78. The number of hydrogen-bond donors (Lipinski definition) is 0. The number of hydrogen-bond acceptors (Lipinski definition) is 2. The first kappa shape index (κ1) is 17.4. The van der Waals surface area contributed by atoms with Crippen molar-refractivity contribution in [3.05, 3.63) is 46.7 Å². The van der Waals surface area contributed by atoms with Crippen molar-refractivity contribution in [1.82, 2.24) is 4.90 Å². The molecule has 3 heteroatoms. The van der Waals surface area contributed by atoms with Crippen LogP contribution in [0, 0.1) is 0 Å². The fraction of sp³-hybridized carbons (Fsp3) is 0.522. The zero-order chi connectivity index (χ0) is 18.3. The first-order valence-corrected chi connectivity index (χ1v) is 10.2. The number of aryl methyl sites for hydroxylation is 2. The van der Waals surface area contributed by atoms with Gasteiger partial charge in [0.1, 0.15) is 5.84 Å². The molecule has 0 spiro atoms. The van der Waals surface area contributed by atoms with Crippen LogP contribution in [0.2, 0.25) is 0 Å². The lowest BCUT2D eigenvalue weighted by Crippen LogP contribution is -2.34. The van der Waals surface area contributed by atoms with Gasteiger partial charge in [0.2, 0.25) is 0 Å². The van der Waals surface area contributed by atoms with Crippen molar-refractivity contribution in [1.29, 1.82) is 0 Å². The van der Waals surface area contributed by atoms with Crippen molar-refractivity contribution < 1.29 is 0 Å². The van der Waals surface area contributed by atoms with Crippen LogP contribution < -0.4 is 4.90 Å². The summed E-state index contributed by atoms with van der Waals surface area (Å²) in [6.07, 6.45) is 8.28. The monoisotopic (exact) mass is 349 g/mol. The van der Waals surface area contributed by atoms with Crippen LogP contribution in [-0.4, -0.2) is 36.4 Å². The van der Waals surface area contributed by atoms with Gasteiger partial charge in [-0.05, 0) is 86.9 Å². The van der Waals surface area contributed by atoms with E-state index in [1.54, 1.807) is 16.8 Å². The highest BCUT2D eigenvalue weighted by molar-refractivity contribution is 5.93. The predicted molar refractivity (Wildman–Crippen MR) is 112 cm³/mol. The molecule has 0 saturated carbocycles. The molecule has 3 aliphatic rings. The van der Waals surface area contributed by atoms with Gasteiger partial charge in [0.05, 0.1) is 0 Å². The maximum absolute atomic E-state index is 4.83. The number of anilines is 1. The third-order valence-electron chi connectivity index (χ3n) is 5.78. The van der Waals surface area contributed by atoms with E-state index in [9.17, 15) is 0 Å². The number of aliphatic imine (C=N–C) groups is 1. The Morgan fingerprint density at radius 2 is 1.81 bits per heavy atom. The van der Waals surface area contributed by atoms with Gasteiger partial charge in [0, 0.05) is 43.5 Å². The van der Waals surface area contributed by atoms with Crippen molar-refractivity contribution in [2.75, 3.05) is 24.5 Å². The van der Waals surface area contributed by atoms with Crippen LogP contribution in [0.1, 0.15) is 56.7 Å². The van der Waals surface area contributed by atoms with Gasteiger partial charge in [-0.1, -0.05) is 6.58 Å². The van der Waals surface area contributed by atoms with Crippen LogP contribution in [0.25, 0.3) is 6.08 Å². The van der Waals surface area contributed by atoms with Gasteiger partial charge in [-0.3, -0.25) is 4.99 Å². The van der Waals surface area contributed by atoms with E-state index in [1.807, 2.05) is 0 Å². The molecule has 4 rings (SSSR count). The van der Waals surface area contributed by atoms with E-state index in [1.165, 1.54) is 55.7 Å². The third kappa shape index (κ3) is 3.08. The largest absolute Gasteiger partial charge is 0.371 e. The molecule has 0 amide bonds. The minimum atomic E-state index is 0.324. The molecule has 0 radical (unpaired) electrons. The number of benzene rings is 1. The minimum Gasteiger partial charge on any atom is -0.371 e. The SMILES string of the molecule is C=C1/C(=C\c2cc3c4c(c2)CCCN4CCC3)CC(=NC(C)C)N1CC. The van der Waals surface area contributed by atoms with Crippen molar-refractivity contribution >= 4 is 17.6 Å². The molecular weight excluding hydrogens is 318 g/mol. The Morgan fingerprint density at radius 3 is 2.38 bits per heavy atom. The zero-order valence-corrected chi connectivity index (χ0v) is 16.5. The Kier molecular flexibility index (Phi) is 4.64. The maximum atomic E-state index is 4.83. The normalized spacial score (nSPS) is 22.7. The lowest BCUT2D eigenvalue weighted by molar-refractivity contribution is 0.566. The summed E-state index contributed by atoms with van der Waals surface area (Å²) in [5.41, 5.74) is 8.44. The van der Waals surface area contributed by atoms with E-state index in [-0.39, 0.29) is 0 Å². The number of likely N-dealkylation sites (N-methyl/N-ethyl adjacent to an activating group) is 1. The summed E-state index contributed by atoms with van der Waals surface area (Å²) < 4.78 is 0. The second-order valence-electron chi connectivity index (χ2n) is 8.06. The van der Waals surface area contributed by atoms with E-state index < -0.39 is 0 Å². The van der Waals surface area contributed by atoms with Gasteiger partial charge < -0.3 is 9.80 Å². The molecule has 138 valence electrons. The molecule has 1 aromatic carbocycles. The number of rotatable bonds is 3. The Labute approximate surface area is 158 Å². The molecule has 0 aliphatic carbocycles. The molecule has 0 N–H and O–H groups in total. The van der Waals surface area contributed by atoms with E-state index in [0.29, 0.717) is 6.04 Å². The molecule has 1 aromatic rings. The molecule has 1 saturated heterocycles. The van der Waals surface area contributed by atoms with Crippen LogP contribution in [0.15, 0.2) is 35.0 Å². The van der Waals surface area contributed by atoms with Crippen LogP contribution in [0.3, 0.4) is 0 Å². The lowest BCUT2D eigenvalue weighted by atomic mass is 9.89. The van der Waals surface area contributed by atoms with Crippen molar-refractivity contribution in [3.63, 3.8) is 0 Å². The van der Waals surface area contributed by atoms with Crippen molar-refractivity contribution in [2.24, 2.45) is 4.99 Å². The molecule has 0 aromatic heterocycles. The summed E-state index contributed by atoms with van der Waals surface area (Å²) in [5.74, 6) is 1.17. The topological polar surface area (TPSA) is 18.8 Å². The van der Waals surface area contributed by atoms with Crippen LogP contribution in [0.5, 0.6) is 0 Å². The second kappa shape index (κ2) is 6.94. The zero-order valence-electron chi connectivity index (χ0n) is 16.5. The molecule has 1 fully saturated rings. The lowest BCUT2D eigenvalue weighted by Gasteiger charge is -2.37. The summed E-state index contributed by atoms with van der Waals surface area (Å²) in [5, 5.41) is 0. The van der Waals surface area contributed by atoms with Gasteiger partial charge in [-0.15, -0.1) is 0 Å². The van der Waals surface area contributed by atoms with E-state index >= 15 is 0 Å². The van der Waals surface area contributed by atoms with E-state index in [4.69, 9.17) is 4.99 Å². The molecular formula is C23H31N3. The molecule has 0 bridgehead atoms. The maximum Gasteiger partial charge on any atom is 0.108 e. The number of allylic oxidation sites excluding steroid dienone is 1. The Hall–Kier alpha value is -2.03. The van der Waals surface area contributed by atoms with E-state index in [0.717, 1.165) is 18.7 Å². The van der Waals surface area contributed by atoms with Crippen molar-refractivity contribution in [3.8, 4) is 0 Å². The first-order chi connectivity index (χ1) is 12.6. The summed E-state index contributed by atoms with van der Waals surface area (Å²) in [7, 11) is 0. The Balaban J connectivity index is 1.70. The highest BCUT2D eigenvalue weighted by Crippen LogP contribution is 2.37. The fourth-order valence-electron chi connectivity index (χ4n) is 4.73. The van der Waals surface area contributed by atoms with Gasteiger partial charge >= 0.3 is 0 Å². The first-order valence-electron chi connectivity index (χ1n) is 10.2. The Morgan fingerprint density at radius 1 is 1.15 bits per heavy atom. The van der Waals surface area contributed by atoms with Crippen LogP contribution in [-0.2, 0) is 12.8 Å². The Bertz CT molecular complexity index is 754. The average Bonchev–Trinajstić information content (AvgIpc) is 2.89. The van der Waals surface area contributed by atoms with E-state index in [2.05, 4.69) is 55.4 Å². The summed E-state index contributed by atoms with van der Waals surface area (Å²) in [6, 6.07) is 5.17. The van der Waals surface area contributed by atoms with Gasteiger partial charge in [-0.2, -0.15) is 0 Å². The average molecular weight is 350 g/mol. The summed E-state index contributed by atoms with van der Waals surface area (Å²) >= 11 is 0. The molecule has 3 heterocycles. The van der Waals surface area contributed by atoms with Gasteiger partial charge in [-0.25, -0.2) is 0 Å². The molecule has 3 aliphatic heterocycles. The molecule has 3 nitrogen and oxygen atoms in total. The standard InChI is InChI=1S/C23H31N3/c1-5-26-17(4)21(15-22(26)24-16(2)3)14-18-12-19-8-6-10-25-11-7-9-20(13-18)23(19)25/h12-14,16H,4-11,15H2,1-3H3/b21-14-,24-22?. The smallest absolute Gasteiger partial charge is 0.108 e. The van der Waals surface area contributed by atoms with Crippen molar-refractivity contribution in [2.45, 2.75) is 58.9 Å². The molecule has 26 heavy (non-hydrogen) atoms. The summed E-state index contributed by atoms with van der Waals surface area (Å²) in [4.78, 5) is 9.71. The van der Waals surface area contributed by atoms with Gasteiger partial charge in [0.25, 0.3) is 0 Å². The predicted octanol–water partition coefficient (Wildman–Crippen LogP) is 4.82. The molecule has 0 atom stereocenters. The fourth-order valence-corrected chi connectivity index (χ4v) is 4.73. The number of nitrogens with zero attached hydrogens (tertiary/aromatic N) is 3.